The normalized spacial score (nSPS) is 20.4. The number of carbonyl (C=O) groups excluding carboxylic acids is 7. The van der Waals surface area contributed by atoms with Crippen LogP contribution in [0.4, 0.5) is 10.5 Å². The van der Waals surface area contributed by atoms with E-state index < -0.39 is 41.8 Å². The first-order chi connectivity index (χ1) is 21.5. The number of hydroxylamine groups is 4. The van der Waals surface area contributed by atoms with E-state index in [2.05, 4.69) is 16.0 Å². The minimum Gasteiger partial charge on any atom is -0.374 e. The minimum atomic E-state index is -0.934. The Balaban J connectivity index is 1.30. The summed E-state index contributed by atoms with van der Waals surface area (Å²) in [5.41, 5.74) is 1.08. The van der Waals surface area contributed by atoms with Gasteiger partial charge >= 0.3 is 18.0 Å². The van der Waals surface area contributed by atoms with Crippen molar-refractivity contribution in [3.05, 3.63) is 29.3 Å². The molecule has 0 radical (unpaired) electrons. The molecular weight excluding hydrogens is 610 g/mol. The zero-order valence-electron chi connectivity index (χ0n) is 24.9. The molecule has 1 aromatic rings. The van der Waals surface area contributed by atoms with Gasteiger partial charge in [0.2, 0.25) is 0 Å². The zero-order chi connectivity index (χ0) is 32.5. The van der Waals surface area contributed by atoms with Gasteiger partial charge in [-0.25, -0.2) is 14.4 Å². The fraction of sp³-hybridized carbons (Fsp3) is 0.552. The number of aliphatic hydroxyl groups excluding tert-OH is 1. The van der Waals surface area contributed by atoms with E-state index in [1.165, 1.54) is 23.9 Å². The highest BCUT2D eigenvalue weighted by atomic mass is 32.2. The summed E-state index contributed by atoms with van der Waals surface area (Å²) in [6.45, 7) is 1.95. The standard InChI is InChI=1S/C29H37N5O10S/c1-17-21(32-29(42)30-17)5-3-2-4-6-22(35)31-20-14-18(13-19(15-20)28(41)44-34-25(38)9-10-26(34)39)16-45-12-11-27(40)43-33-23(36)7-8-24(33)37/h13-15,17,21-22,31,35H,2-12,16H2,1H3,(H2,30,32,42). The van der Waals surface area contributed by atoms with Crippen LogP contribution in [0.5, 0.6) is 0 Å². The maximum Gasteiger partial charge on any atom is 0.364 e. The summed E-state index contributed by atoms with van der Waals surface area (Å²) in [5.74, 6) is -3.38. The summed E-state index contributed by atoms with van der Waals surface area (Å²) in [5, 5.41) is 20.3. The van der Waals surface area contributed by atoms with Crippen LogP contribution in [0.25, 0.3) is 0 Å². The fourth-order valence-electron chi connectivity index (χ4n) is 5.03. The number of hydrogen-bond acceptors (Lipinski definition) is 12. The lowest BCUT2D eigenvalue weighted by molar-refractivity contribution is -0.197. The summed E-state index contributed by atoms with van der Waals surface area (Å²) in [6.07, 6.45) is 2.58. The largest absolute Gasteiger partial charge is 0.374 e. The zero-order valence-corrected chi connectivity index (χ0v) is 25.7. The van der Waals surface area contributed by atoms with Crippen LogP contribution in [0, 0.1) is 0 Å². The molecule has 3 heterocycles. The number of imide groups is 2. The first kappa shape index (κ1) is 33.7. The Kier molecular flexibility index (Phi) is 11.8. The molecule has 3 saturated heterocycles. The Morgan fingerprint density at radius 3 is 2.20 bits per heavy atom. The second-order valence-corrected chi connectivity index (χ2v) is 12.1. The van der Waals surface area contributed by atoms with Gasteiger partial charge in [0.05, 0.1) is 18.0 Å². The molecule has 4 rings (SSSR count). The lowest BCUT2D eigenvalue weighted by Crippen LogP contribution is -2.32. The molecule has 3 unspecified atom stereocenters. The Morgan fingerprint density at radius 2 is 1.58 bits per heavy atom. The van der Waals surface area contributed by atoms with Crippen molar-refractivity contribution in [3.63, 3.8) is 0 Å². The molecular formula is C29H37N5O10S. The number of carbonyl (C=O) groups is 7. The second-order valence-electron chi connectivity index (χ2n) is 11.0. The number of anilines is 1. The number of benzene rings is 1. The van der Waals surface area contributed by atoms with Gasteiger partial charge in [-0.05, 0) is 49.9 Å². The van der Waals surface area contributed by atoms with Gasteiger partial charge in [-0.3, -0.25) is 19.2 Å². The molecule has 4 N–H and O–H groups in total. The van der Waals surface area contributed by atoms with Crippen molar-refractivity contribution in [2.45, 2.75) is 95.2 Å². The van der Waals surface area contributed by atoms with Gasteiger partial charge in [0.25, 0.3) is 23.6 Å². The second kappa shape index (κ2) is 15.7. The topological polar surface area (TPSA) is 201 Å². The highest BCUT2D eigenvalue weighted by Gasteiger charge is 2.34. The molecule has 0 spiro atoms. The van der Waals surface area contributed by atoms with Gasteiger partial charge < -0.3 is 30.7 Å². The molecule has 0 saturated carbocycles. The number of aliphatic hydroxyl groups is 1. The van der Waals surface area contributed by atoms with Crippen molar-refractivity contribution in [3.8, 4) is 0 Å². The number of nitrogens with one attached hydrogen (secondary N) is 3. The van der Waals surface area contributed by atoms with Crippen molar-refractivity contribution in [2.24, 2.45) is 0 Å². The van der Waals surface area contributed by atoms with E-state index in [9.17, 15) is 38.7 Å². The number of hydrogen-bond donors (Lipinski definition) is 4. The molecule has 0 bridgehead atoms. The van der Waals surface area contributed by atoms with Gasteiger partial charge in [-0.2, -0.15) is 11.8 Å². The Morgan fingerprint density at radius 1 is 0.933 bits per heavy atom. The number of rotatable bonds is 16. The molecule has 0 aromatic heterocycles. The predicted molar refractivity (Wildman–Crippen MR) is 159 cm³/mol. The number of nitrogens with zero attached hydrogens (tertiary/aromatic N) is 2. The number of unbranched alkanes of at least 4 members (excludes halogenated alkanes) is 2. The van der Waals surface area contributed by atoms with Crippen LogP contribution in [0.3, 0.4) is 0 Å². The third-order valence-corrected chi connectivity index (χ3v) is 8.46. The first-order valence-electron chi connectivity index (χ1n) is 14.9. The van der Waals surface area contributed by atoms with E-state index in [1.54, 1.807) is 6.07 Å². The molecule has 1 aromatic carbocycles. The van der Waals surface area contributed by atoms with Crippen LogP contribution in [-0.2, 0) is 39.4 Å². The van der Waals surface area contributed by atoms with Crippen LogP contribution in [0.15, 0.2) is 18.2 Å². The summed E-state index contributed by atoms with van der Waals surface area (Å²) in [6, 6.07) is 4.67. The molecule has 3 fully saturated rings. The van der Waals surface area contributed by atoms with E-state index in [1.807, 2.05) is 6.92 Å². The maximum atomic E-state index is 12.9. The molecule has 0 aliphatic carbocycles. The molecule has 3 aliphatic rings. The molecule has 16 heteroatoms. The van der Waals surface area contributed by atoms with E-state index >= 15 is 0 Å². The molecule has 3 atom stereocenters. The Labute approximate surface area is 263 Å². The van der Waals surface area contributed by atoms with Crippen molar-refractivity contribution in [1.29, 1.82) is 0 Å². The lowest BCUT2D eigenvalue weighted by Gasteiger charge is -2.18. The highest BCUT2D eigenvalue weighted by molar-refractivity contribution is 7.98. The van der Waals surface area contributed by atoms with Gasteiger partial charge in [0.15, 0.2) is 0 Å². The fourth-order valence-corrected chi connectivity index (χ4v) is 5.89. The quantitative estimate of drug-likeness (QED) is 0.116. The van der Waals surface area contributed by atoms with E-state index in [-0.39, 0.29) is 61.5 Å². The van der Waals surface area contributed by atoms with Crippen molar-refractivity contribution in [2.75, 3.05) is 11.1 Å². The molecule has 6 amide bonds. The van der Waals surface area contributed by atoms with E-state index in [4.69, 9.17) is 9.68 Å². The van der Waals surface area contributed by atoms with Crippen LogP contribution in [0.2, 0.25) is 0 Å². The SMILES string of the molecule is CC1NC(=O)NC1CCCCCC(O)Nc1cc(CSCCC(=O)ON2C(=O)CCC2=O)cc(C(=O)ON2C(=O)CCC2=O)c1. The van der Waals surface area contributed by atoms with Gasteiger partial charge in [-0.1, -0.05) is 12.8 Å². The Hall–Kier alpha value is -4.18. The molecule has 45 heavy (non-hydrogen) atoms. The van der Waals surface area contributed by atoms with E-state index in [0.29, 0.717) is 40.0 Å². The maximum absolute atomic E-state index is 12.9. The van der Waals surface area contributed by atoms with Crippen molar-refractivity contribution < 1.29 is 48.3 Å². The number of thioether (sulfide) groups is 1. The first-order valence-corrected chi connectivity index (χ1v) is 16.0. The third kappa shape index (κ3) is 9.65. The van der Waals surface area contributed by atoms with Gasteiger partial charge in [-0.15, -0.1) is 10.1 Å². The van der Waals surface area contributed by atoms with Crippen molar-refractivity contribution >= 4 is 59.0 Å². The number of urea groups is 1. The molecule has 15 nitrogen and oxygen atoms in total. The monoisotopic (exact) mass is 647 g/mol. The summed E-state index contributed by atoms with van der Waals surface area (Å²) in [4.78, 5) is 93.5. The van der Waals surface area contributed by atoms with Crippen LogP contribution in [0.1, 0.15) is 87.1 Å². The summed E-state index contributed by atoms with van der Waals surface area (Å²) >= 11 is 1.32. The third-order valence-electron chi connectivity index (χ3n) is 7.43. The van der Waals surface area contributed by atoms with Crippen LogP contribution < -0.4 is 16.0 Å². The average molecular weight is 648 g/mol. The average Bonchev–Trinajstić information content (AvgIpc) is 3.61. The smallest absolute Gasteiger partial charge is 0.364 e. The number of amides is 6. The van der Waals surface area contributed by atoms with Crippen LogP contribution >= 0.6 is 11.8 Å². The molecule has 3 aliphatic heterocycles. The lowest BCUT2D eigenvalue weighted by atomic mass is 10.0. The van der Waals surface area contributed by atoms with Gasteiger partial charge in [0, 0.05) is 48.9 Å². The van der Waals surface area contributed by atoms with Gasteiger partial charge in [0.1, 0.15) is 6.23 Å². The minimum absolute atomic E-state index is 0.00332. The summed E-state index contributed by atoms with van der Waals surface area (Å²) in [7, 11) is 0. The van der Waals surface area contributed by atoms with Crippen molar-refractivity contribution in [1.82, 2.24) is 20.8 Å². The highest BCUT2D eigenvalue weighted by Crippen LogP contribution is 2.24. The Bertz CT molecular complexity index is 1310. The van der Waals surface area contributed by atoms with Crippen LogP contribution in [-0.4, -0.2) is 80.9 Å². The molecule has 244 valence electrons. The predicted octanol–water partition coefficient (Wildman–Crippen LogP) is 1.89. The summed E-state index contributed by atoms with van der Waals surface area (Å²) < 4.78 is 0. The van der Waals surface area contributed by atoms with E-state index in [0.717, 1.165) is 19.3 Å².